The molecule has 9 heteroatoms. The number of piperidine rings is 1. The maximum atomic E-state index is 11.4. The van der Waals surface area contributed by atoms with Crippen LogP contribution in [0, 0.1) is 4.77 Å². The van der Waals surface area contributed by atoms with Crippen molar-refractivity contribution in [3.63, 3.8) is 0 Å². The topological polar surface area (TPSA) is 97.0 Å². The number of H-pyrrole nitrogens is 1. The Morgan fingerprint density at radius 2 is 2.06 bits per heavy atom. The number of nitrogens with zero attached hydrogens (tertiary/aromatic N) is 3. The van der Waals surface area contributed by atoms with Crippen LogP contribution in [0.15, 0.2) is 0 Å². The van der Waals surface area contributed by atoms with Crippen molar-refractivity contribution in [2.45, 2.75) is 18.8 Å². The molecule has 0 aliphatic carbocycles. The number of hydrogen-bond acceptors (Lipinski definition) is 5. The van der Waals surface area contributed by atoms with Crippen molar-refractivity contribution in [3.05, 3.63) is 10.6 Å². The number of aromatic nitrogens is 3. The second-order valence-electron chi connectivity index (χ2n) is 4.19. The molecule has 17 heavy (non-hydrogen) atoms. The Morgan fingerprint density at radius 3 is 2.47 bits per heavy atom. The minimum absolute atomic E-state index is 0.158. The summed E-state index contributed by atoms with van der Waals surface area (Å²) < 4.78 is 25.9. The van der Waals surface area contributed by atoms with Crippen LogP contribution in [0.25, 0.3) is 0 Å². The Hall–Kier alpha value is -0.930. The molecule has 7 nitrogen and oxygen atoms in total. The van der Waals surface area contributed by atoms with Gasteiger partial charge in [0.1, 0.15) is 0 Å². The first-order valence-corrected chi connectivity index (χ1v) is 7.53. The van der Waals surface area contributed by atoms with E-state index in [1.165, 1.54) is 15.2 Å². The standard InChI is InChI=1S/C8H15N5O2S2/c1-17(14,15)12-4-2-6(3-5-12)7-10-11-8(16)13(7)9/h6H,2-5,9H2,1H3,(H,11,16). The van der Waals surface area contributed by atoms with Gasteiger partial charge in [-0.3, -0.25) is 5.10 Å². The summed E-state index contributed by atoms with van der Waals surface area (Å²) in [6.07, 6.45) is 2.65. The Kier molecular flexibility index (Phi) is 3.23. The molecule has 2 heterocycles. The Bertz CT molecular complexity index is 553. The van der Waals surface area contributed by atoms with Gasteiger partial charge in [-0.1, -0.05) is 0 Å². The number of nitrogens with one attached hydrogen (secondary N) is 1. The van der Waals surface area contributed by atoms with Gasteiger partial charge in [0.05, 0.1) is 6.26 Å². The van der Waals surface area contributed by atoms with Crippen molar-refractivity contribution in [2.24, 2.45) is 0 Å². The van der Waals surface area contributed by atoms with Crippen LogP contribution in [0.5, 0.6) is 0 Å². The lowest BCUT2D eigenvalue weighted by atomic mass is 9.97. The molecule has 0 radical (unpaired) electrons. The maximum absolute atomic E-state index is 11.4. The Labute approximate surface area is 105 Å². The van der Waals surface area contributed by atoms with E-state index in [9.17, 15) is 8.42 Å². The molecule has 1 aromatic rings. The number of hydrogen-bond donors (Lipinski definition) is 2. The lowest BCUT2D eigenvalue weighted by Crippen LogP contribution is -2.37. The number of aromatic amines is 1. The smallest absolute Gasteiger partial charge is 0.214 e. The highest BCUT2D eigenvalue weighted by atomic mass is 32.2. The van der Waals surface area contributed by atoms with E-state index >= 15 is 0 Å². The molecule has 3 N–H and O–H groups in total. The molecule has 0 amide bonds. The van der Waals surface area contributed by atoms with Crippen LogP contribution in [-0.4, -0.2) is 46.9 Å². The van der Waals surface area contributed by atoms with E-state index in [1.54, 1.807) is 0 Å². The van der Waals surface area contributed by atoms with Crippen LogP contribution in [0.1, 0.15) is 24.6 Å². The fourth-order valence-electron chi connectivity index (χ4n) is 2.05. The van der Waals surface area contributed by atoms with Gasteiger partial charge in [-0.2, -0.15) is 5.10 Å². The summed E-state index contributed by atoms with van der Waals surface area (Å²) in [5, 5.41) is 6.71. The van der Waals surface area contributed by atoms with Gasteiger partial charge in [0.15, 0.2) is 5.82 Å². The Morgan fingerprint density at radius 1 is 1.47 bits per heavy atom. The third kappa shape index (κ3) is 2.50. The van der Waals surface area contributed by atoms with Gasteiger partial charge >= 0.3 is 0 Å². The molecular formula is C8H15N5O2S2. The first-order valence-electron chi connectivity index (χ1n) is 5.27. The summed E-state index contributed by atoms with van der Waals surface area (Å²) in [5.41, 5.74) is 0. The van der Waals surface area contributed by atoms with Crippen LogP contribution in [0.2, 0.25) is 0 Å². The van der Waals surface area contributed by atoms with E-state index in [0.29, 0.717) is 36.5 Å². The van der Waals surface area contributed by atoms with Crippen LogP contribution < -0.4 is 5.84 Å². The molecule has 1 fully saturated rings. The average Bonchev–Trinajstić information content (AvgIpc) is 2.59. The van der Waals surface area contributed by atoms with Crippen molar-refractivity contribution >= 4 is 22.2 Å². The molecule has 2 rings (SSSR count). The molecule has 0 unspecified atom stereocenters. The Balaban J connectivity index is 2.10. The number of nitrogen functional groups attached to an aromatic ring is 1. The minimum atomic E-state index is -3.09. The SMILES string of the molecule is CS(=O)(=O)N1CCC(c2n[nH]c(=S)n2N)CC1. The summed E-state index contributed by atoms with van der Waals surface area (Å²) in [6.45, 7) is 1.01. The molecule has 0 bridgehead atoms. The van der Waals surface area contributed by atoms with Crippen LogP contribution in [0.3, 0.4) is 0 Å². The van der Waals surface area contributed by atoms with E-state index in [0.717, 1.165) is 0 Å². The van der Waals surface area contributed by atoms with E-state index in [4.69, 9.17) is 18.1 Å². The second-order valence-corrected chi connectivity index (χ2v) is 6.56. The van der Waals surface area contributed by atoms with Crippen molar-refractivity contribution in [1.29, 1.82) is 0 Å². The van der Waals surface area contributed by atoms with E-state index in [2.05, 4.69) is 10.2 Å². The van der Waals surface area contributed by atoms with Crippen molar-refractivity contribution in [3.8, 4) is 0 Å². The third-order valence-corrected chi connectivity index (χ3v) is 4.61. The van der Waals surface area contributed by atoms with E-state index < -0.39 is 10.0 Å². The monoisotopic (exact) mass is 277 g/mol. The van der Waals surface area contributed by atoms with Crippen molar-refractivity contribution < 1.29 is 8.42 Å². The highest BCUT2D eigenvalue weighted by molar-refractivity contribution is 7.88. The lowest BCUT2D eigenvalue weighted by Gasteiger charge is -2.29. The van der Waals surface area contributed by atoms with Gasteiger partial charge in [-0.15, -0.1) is 0 Å². The molecular weight excluding hydrogens is 262 g/mol. The highest BCUT2D eigenvalue weighted by Crippen LogP contribution is 2.26. The first-order chi connectivity index (χ1) is 7.89. The number of sulfonamides is 1. The zero-order chi connectivity index (χ0) is 12.6. The third-order valence-electron chi connectivity index (χ3n) is 3.02. The predicted molar refractivity (Wildman–Crippen MR) is 66.0 cm³/mol. The highest BCUT2D eigenvalue weighted by Gasteiger charge is 2.28. The summed E-state index contributed by atoms with van der Waals surface area (Å²) in [4.78, 5) is 0. The van der Waals surface area contributed by atoms with Crippen molar-refractivity contribution in [1.82, 2.24) is 19.2 Å². The quantitative estimate of drug-likeness (QED) is 0.576. The summed E-state index contributed by atoms with van der Waals surface area (Å²) in [6, 6.07) is 0. The molecule has 1 aliphatic rings. The summed E-state index contributed by atoms with van der Waals surface area (Å²) in [7, 11) is -3.09. The fourth-order valence-corrected chi connectivity index (χ4v) is 3.06. The molecule has 1 aliphatic heterocycles. The van der Waals surface area contributed by atoms with Gasteiger partial charge in [0.25, 0.3) is 0 Å². The predicted octanol–water partition coefficient (Wildman–Crippen LogP) is -0.207. The zero-order valence-electron chi connectivity index (χ0n) is 9.46. The van der Waals surface area contributed by atoms with E-state index in [1.807, 2.05) is 0 Å². The lowest BCUT2D eigenvalue weighted by molar-refractivity contribution is 0.313. The maximum Gasteiger partial charge on any atom is 0.214 e. The van der Waals surface area contributed by atoms with Gasteiger partial charge < -0.3 is 5.84 Å². The second kappa shape index (κ2) is 4.39. The van der Waals surface area contributed by atoms with Crippen LogP contribution in [0.4, 0.5) is 0 Å². The van der Waals surface area contributed by atoms with Gasteiger partial charge in [-0.25, -0.2) is 17.4 Å². The largest absolute Gasteiger partial charge is 0.335 e. The molecule has 1 aromatic heterocycles. The van der Waals surface area contributed by atoms with Gasteiger partial charge in [-0.05, 0) is 25.1 Å². The first kappa shape index (κ1) is 12.5. The molecule has 1 saturated heterocycles. The van der Waals surface area contributed by atoms with Crippen molar-refractivity contribution in [2.75, 3.05) is 25.2 Å². The molecule has 0 saturated carbocycles. The molecule has 0 aromatic carbocycles. The normalized spacial score (nSPS) is 19.6. The molecule has 0 spiro atoms. The minimum Gasteiger partial charge on any atom is -0.335 e. The molecule has 0 atom stereocenters. The van der Waals surface area contributed by atoms with Gasteiger partial charge in [0, 0.05) is 19.0 Å². The van der Waals surface area contributed by atoms with Crippen LogP contribution in [-0.2, 0) is 10.0 Å². The average molecular weight is 277 g/mol. The number of nitrogens with two attached hydrogens (primary N) is 1. The zero-order valence-corrected chi connectivity index (χ0v) is 11.1. The summed E-state index contributed by atoms with van der Waals surface area (Å²) >= 11 is 4.94. The fraction of sp³-hybridized carbons (Fsp3) is 0.750. The van der Waals surface area contributed by atoms with Crippen LogP contribution >= 0.6 is 12.2 Å². The molecule has 96 valence electrons. The van der Waals surface area contributed by atoms with Gasteiger partial charge in [0.2, 0.25) is 14.8 Å². The summed E-state index contributed by atoms with van der Waals surface area (Å²) in [5.74, 6) is 6.60. The number of rotatable bonds is 2. The van der Waals surface area contributed by atoms with E-state index in [-0.39, 0.29) is 5.92 Å².